The topological polar surface area (TPSA) is 54.8 Å². The summed E-state index contributed by atoms with van der Waals surface area (Å²) >= 11 is 0. The van der Waals surface area contributed by atoms with Crippen LogP contribution in [0, 0.1) is 11.3 Å². The number of rotatable bonds is 5. The molecule has 5 heteroatoms. The van der Waals surface area contributed by atoms with Gasteiger partial charge in [-0.1, -0.05) is 0 Å². The second kappa shape index (κ2) is 6.37. The van der Waals surface area contributed by atoms with Crippen LogP contribution >= 0.6 is 0 Å². The molecule has 1 aromatic heterocycles. The zero-order valence-corrected chi connectivity index (χ0v) is 15.0. The molecule has 1 aromatic carbocycles. The number of anilines is 1. The SMILES string of the molecule is COc1cc2nccc(N3CCC(C4(CO)CC4)CC3)c2cc1OC. The molecule has 0 amide bonds. The van der Waals surface area contributed by atoms with Crippen molar-refractivity contribution in [1.29, 1.82) is 0 Å². The maximum atomic E-state index is 9.69. The van der Waals surface area contributed by atoms with Crippen LogP contribution in [0.15, 0.2) is 24.4 Å². The first kappa shape index (κ1) is 16.5. The van der Waals surface area contributed by atoms with Gasteiger partial charge < -0.3 is 19.5 Å². The van der Waals surface area contributed by atoms with Crippen LogP contribution in [0.3, 0.4) is 0 Å². The maximum absolute atomic E-state index is 9.69. The highest BCUT2D eigenvalue weighted by Crippen LogP contribution is 2.55. The van der Waals surface area contributed by atoms with Gasteiger partial charge >= 0.3 is 0 Å². The Balaban J connectivity index is 1.61. The molecular weight excluding hydrogens is 316 g/mol. The molecule has 0 radical (unpaired) electrons. The van der Waals surface area contributed by atoms with Gasteiger partial charge in [-0.2, -0.15) is 0 Å². The number of aliphatic hydroxyl groups is 1. The van der Waals surface area contributed by atoms with Crippen LogP contribution in [-0.4, -0.2) is 44.0 Å². The smallest absolute Gasteiger partial charge is 0.162 e. The van der Waals surface area contributed by atoms with E-state index in [0.29, 0.717) is 18.3 Å². The Morgan fingerprint density at radius 2 is 1.84 bits per heavy atom. The zero-order chi connectivity index (χ0) is 17.4. The standard InChI is InChI=1S/C20H26N2O3/c1-24-18-11-15-16(12-19(18)25-2)21-8-3-17(15)22-9-4-14(5-10-22)20(13-23)6-7-20/h3,8,11-12,14,23H,4-7,9-10,13H2,1-2H3. The Labute approximate surface area is 148 Å². The van der Waals surface area contributed by atoms with Gasteiger partial charge in [0.2, 0.25) is 0 Å². The number of hydrogen-bond donors (Lipinski definition) is 1. The molecule has 25 heavy (non-hydrogen) atoms. The van der Waals surface area contributed by atoms with Crippen molar-refractivity contribution in [3.8, 4) is 11.5 Å². The summed E-state index contributed by atoms with van der Waals surface area (Å²) in [5, 5.41) is 10.8. The fourth-order valence-corrected chi connectivity index (χ4v) is 4.32. The number of ether oxygens (including phenoxy) is 2. The molecular formula is C20H26N2O3. The first-order valence-electron chi connectivity index (χ1n) is 9.07. The van der Waals surface area contributed by atoms with Crippen LogP contribution in [0.25, 0.3) is 10.9 Å². The van der Waals surface area contributed by atoms with Crippen LogP contribution in [-0.2, 0) is 0 Å². The number of aromatic nitrogens is 1. The van der Waals surface area contributed by atoms with Crippen molar-refractivity contribution in [2.24, 2.45) is 11.3 Å². The van der Waals surface area contributed by atoms with Crippen molar-refractivity contribution in [3.63, 3.8) is 0 Å². The lowest BCUT2D eigenvalue weighted by atomic mass is 9.82. The van der Waals surface area contributed by atoms with Crippen molar-refractivity contribution < 1.29 is 14.6 Å². The van der Waals surface area contributed by atoms with Crippen molar-refractivity contribution in [2.45, 2.75) is 25.7 Å². The summed E-state index contributed by atoms with van der Waals surface area (Å²) in [6.07, 6.45) is 6.56. The summed E-state index contributed by atoms with van der Waals surface area (Å²) in [6, 6.07) is 6.06. The molecule has 0 bridgehead atoms. The van der Waals surface area contributed by atoms with E-state index in [9.17, 15) is 5.11 Å². The fraction of sp³-hybridized carbons (Fsp3) is 0.550. The summed E-state index contributed by atoms with van der Waals surface area (Å²) < 4.78 is 10.9. The maximum Gasteiger partial charge on any atom is 0.162 e. The first-order chi connectivity index (χ1) is 12.2. The van der Waals surface area contributed by atoms with Gasteiger partial charge in [0.1, 0.15) is 0 Å². The summed E-state index contributed by atoms with van der Waals surface area (Å²) in [4.78, 5) is 6.95. The molecule has 1 N–H and O–H groups in total. The van der Waals surface area contributed by atoms with Gasteiger partial charge in [0.25, 0.3) is 0 Å². The molecule has 1 aliphatic heterocycles. The predicted octanol–water partition coefficient (Wildman–Crippen LogP) is 3.24. The molecule has 2 aromatic rings. The second-order valence-corrected chi connectivity index (χ2v) is 7.34. The molecule has 0 unspecified atom stereocenters. The first-order valence-corrected chi connectivity index (χ1v) is 9.07. The van der Waals surface area contributed by atoms with E-state index in [2.05, 4.69) is 16.0 Å². The molecule has 2 aliphatic rings. The molecule has 2 fully saturated rings. The van der Waals surface area contributed by atoms with E-state index < -0.39 is 0 Å². The minimum Gasteiger partial charge on any atom is -0.493 e. The highest BCUT2D eigenvalue weighted by molar-refractivity contribution is 5.94. The number of methoxy groups -OCH3 is 2. The minimum atomic E-state index is 0.239. The average Bonchev–Trinajstić information content (AvgIpc) is 3.48. The summed E-state index contributed by atoms with van der Waals surface area (Å²) in [5.74, 6) is 2.10. The summed E-state index contributed by atoms with van der Waals surface area (Å²) in [7, 11) is 3.31. The predicted molar refractivity (Wildman–Crippen MR) is 98.5 cm³/mol. The van der Waals surface area contributed by atoms with Gasteiger partial charge in [-0.25, -0.2) is 0 Å². The van der Waals surface area contributed by atoms with Gasteiger partial charge in [0.15, 0.2) is 11.5 Å². The van der Waals surface area contributed by atoms with Gasteiger partial charge in [0, 0.05) is 43.0 Å². The molecule has 1 aliphatic carbocycles. The largest absolute Gasteiger partial charge is 0.493 e. The molecule has 134 valence electrons. The molecule has 5 nitrogen and oxygen atoms in total. The Kier molecular flexibility index (Phi) is 4.20. The van der Waals surface area contributed by atoms with E-state index in [4.69, 9.17) is 9.47 Å². The van der Waals surface area contributed by atoms with Crippen molar-refractivity contribution in [3.05, 3.63) is 24.4 Å². The molecule has 2 heterocycles. The third kappa shape index (κ3) is 2.80. The van der Waals surface area contributed by atoms with E-state index in [1.54, 1.807) is 14.2 Å². The van der Waals surface area contributed by atoms with Gasteiger partial charge in [0.05, 0.1) is 19.7 Å². The van der Waals surface area contributed by atoms with Crippen molar-refractivity contribution >= 4 is 16.6 Å². The monoisotopic (exact) mass is 342 g/mol. The molecule has 1 saturated heterocycles. The number of benzene rings is 1. The van der Waals surface area contributed by atoms with Crippen LogP contribution in [0.4, 0.5) is 5.69 Å². The van der Waals surface area contributed by atoms with E-state index >= 15 is 0 Å². The lowest BCUT2D eigenvalue weighted by Gasteiger charge is -2.37. The highest BCUT2D eigenvalue weighted by Gasteiger charge is 2.49. The molecule has 0 atom stereocenters. The number of piperidine rings is 1. The van der Waals surface area contributed by atoms with E-state index in [-0.39, 0.29) is 5.41 Å². The van der Waals surface area contributed by atoms with Gasteiger partial charge in [-0.15, -0.1) is 0 Å². The quantitative estimate of drug-likeness (QED) is 0.904. The number of hydrogen-bond acceptors (Lipinski definition) is 5. The van der Waals surface area contributed by atoms with Crippen LogP contribution in [0.2, 0.25) is 0 Å². The summed E-state index contributed by atoms with van der Waals surface area (Å²) in [6.45, 7) is 2.41. The number of nitrogens with zero attached hydrogens (tertiary/aromatic N) is 2. The van der Waals surface area contributed by atoms with Crippen LogP contribution < -0.4 is 14.4 Å². The molecule has 4 rings (SSSR count). The average molecular weight is 342 g/mol. The second-order valence-electron chi connectivity index (χ2n) is 7.34. The lowest BCUT2D eigenvalue weighted by molar-refractivity contribution is 0.137. The Bertz CT molecular complexity index is 765. The van der Waals surface area contributed by atoms with Crippen molar-refractivity contribution in [1.82, 2.24) is 4.98 Å². The highest BCUT2D eigenvalue weighted by atomic mass is 16.5. The van der Waals surface area contributed by atoms with Gasteiger partial charge in [-0.3, -0.25) is 4.98 Å². The normalized spacial score (nSPS) is 19.9. The van der Waals surface area contributed by atoms with Gasteiger partial charge in [-0.05, 0) is 49.1 Å². The summed E-state index contributed by atoms with van der Waals surface area (Å²) in [5.41, 5.74) is 2.37. The Hall–Kier alpha value is -2.01. The molecule has 0 spiro atoms. The Morgan fingerprint density at radius 1 is 1.16 bits per heavy atom. The van der Waals surface area contributed by atoms with E-state index in [0.717, 1.165) is 42.6 Å². The number of aliphatic hydroxyl groups excluding tert-OH is 1. The number of fused-ring (bicyclic) bond motifs is 1. The third-order valence-corrected chi connectivity index (χ3v) is 6.13. The van der Waals surface area contributed by atoms with E-state index in [1.807, 2.05) is 18.3 Å². The fourth-order valence-electron chi connectivity index (χ4n) is 4.32. The minimum absolute atomic E-state index is 0.239. The van der Waals surface area contributed by atoms with Crippen LogP contribution in [0.1, 0.15) is 25.7 Å². The van der Waals surface area contributed by atoms with Crippen LogP contribution in [0.5, 0.6) is 11.5 Å². The zero-order valence-electron chi connectivity index (χ0n) is 15.0. The lowest BCUT2D eigenvalue weighted by Crippen LogP contribution is -2.37. The Morgan fingerprint density at radius 3 is 2.44 bits per heavy atom. The molecule has 1 saturated carbocycles. The third-order valence-electron chi connectivity index (χ3n) is 6.13. The van der Waals surface area contributed by atoms with Crippen molar-refractivity contribution in [2.75, 3.05) is 38.8 Å². The van der Waals surface area contributed by atoms with E-state index in [1.165, 1.54) is 18.5 Å². The number of pyridine rings is 1.